The molecule has 0 aromatic heterocycles. The predicted molar refractivity (Wildman–Crippen MR) is 139 cm³/mol. The molecule has 1 aliphatic heterocycles. The molecule has 186 valence electrons. The molecule has 0 fully saturated rings. The lowest BCUT2D eigenvalue weighted by Crippen LogP contribution is -2.33. The van der Waals surface area contributed by atoms with Crippen molar-refractivity contribution in [3.05, 3.63) is 81.4 Å². The summed E-state index contributed by atoms with van der Waals surface area (Å²) in [6.07, 6.45) is 7.70. The number of esters is 1. The number of hydrogen-bond acceptors (Lipinski definition) is 5. The number of nitriles is 1. The third-order valence-electron chi connectivity index (χ3n) is 5.64. The van der Waals surface area contributed by atoms with Crippen molar-refractivity contribution in [3.8, 4) is 6.07 Å². The molecular weight excluding hydrogens is 454 g/mol. The summed E-state index contributed by atoms with van der Waals surface area (Å²) in [4.78, 5) is 35.2. The normalized spacial score (nSPS) is 14.4. The lowest BCUT2D eigenvalue weighted by Gasteiger charge is -2.24. The Labute approximate surface area is 213 Å². The van der Waals surface area contributed by atoms with Crippen LogP contribution >= 0.6 is 0 Å². The Kier molecular flexibility index (Phi) is 11.0. The van der Waals surface area contributed by atoms with Crippen molar-refractivity contribution in [2.75, 3.05) is 31.1 Å². The molecule has 0 saturated carbocycles. The zero-order valence-electron chi connectivity index (χ0n) is 21.1. The molecule has 0 saturated heterocycles. The van der Waals surface area contributed by atoms with Crippen LogP contribution in [0.4, 0.5) is 5.69 Å². The van der Waals surface area contributed by atoms with E-state index in [0.717, 1.165) is 54.9 Å². The Morgan fingerprint density at radius 3 is 2.25 bits per heavy atom. The minimum atomic E-state index is -0.688. The minimum absolute atomic E-state index is 0.0253. The molecule has 0 aliphatic carbocycles. The van der Waals surface area contributed by atoms with Gasteiger partial charge in [-0.1, -0.05) is 51.0 Å². The molecule has 0 unspecified atom stereocenters. The number of benzene rings is 1. The number of unbranched alkanes of at least 4 members (excludes halogenated alkanes) is 2. The number of rotatable bonds is 12. The average molecular weight is 486 g/mol. The second-order valence-corrected chi connectivity index (χ2v) is 8.11. The molecule has 0 radical (unpaired) electrons. The van der Waals surface area contributed by atoms with Gasteiger partial charge in [-0.3, -0.25) is 9.59 Å². The molecule has 2 rings (SSSR count). The maximum atomic E-state index is 13.1. The van der Waals surface area contributed by atoms with Crippen LogP contribution in [0.5, 0.6) is 0 Å². The van der Waals surface area contributed by atoms with E-state index in [0.29, 0.717) is 0 Å². The largest absolute Gasteiger partial charge is 0.465 e. The fraction of sp³-hybridized carbons (Fsp3) is 0.393. The highest BCUT2D eigenvalue weighted by Gasteiger charge is 2.37. The second-order valence-electron chi connectivity index (χ2n) is 8.11. The summed E-state index contributed by atoms with van der Waals surface area (Å²) in [5.74, 6) is -1.31. The number of anilines is 1. The van der Waals surface area contributed by atoms with Crippen LogP contribution in [0.1, 0.15) is 52.0 Å². The Morgan fingerprint density at radius 2 is 1.75 bits per heavy atom. The van der Waals surface area contributed by atoms with Crippen molar-refractivity contribution < 1.29 is 14.3 Å². The quantitative estimate of drug-likeness (QED) is 0.227. The second kappa shape index (κ2) is 14.1. The van der Waals surface area contributed by atoms with E-state index in [1.165, 1.54) is 6.08 Å². The van der Waals surface area contributed by atoms with E-state index < -0.39 is 24.1 Å². The van der Waals surface area contributed by atoms with Crippen molar-refractivity contribution in [2.24, 2.45) is 0 Å². The molecule has 0 bridgehead atoms. The maximum Gasteiger partial charge on any atom is 0.325 e. The first-order chi connectivity index (χ1) is 17.4. The molecule has 1 aromatic rings. The molecule has 8 nitrogen and oxygen atoms in total. The lowest BCUT2D eigenvalue weighted by molar-refractivity contribution is -0.146. The first-order valence-electron chi connectivity index (χ1n) is 12.1. The molecule has 0 spiro atoms. The summed E-state index contributed by atoms with van der Waals surface area (Å²) in [5.41, 5.74) is 1.28. The molecule has 8 heteroatoms. The first-order valence-corrected chi connectivity index (χ1v) is 12.1. The SMILES string of the molecule is [C-]#[N+]C1=C(/C=C/c2ccc(N(CCCC)CCCC)cc2)C(=O)N(CC(=O)OCC)/C1=C(\C#N)[N+]#[C-]. The van der Waals surface area contributed by atoms with E-state index in [1.807, 2.05) is 24.3 Å². The Balaban J connectivity index is 2.38. The van der Waals surface area contributed by atoms with Crippen LogP contribution in [0.25, 0.3) is 15.8 Å². The summed E-state index contributed by atoms with van der Waals surface area (Å²) in [6.45, 7) is 22.5. The number of amides is 1. The summed E-state index contributed by atoms with van der Waals surface area (Å²) in [7, 11) is 0. The van der Waals surface area contributed by atoms with Crippen molar-refractivity contribution in [2.45, 2.75) is 46.5 Å². The van der Waals surface area contributed by atoms with Crippen molar-refractivity contribution in [1.82, 2.24) is 4.90 Å². The van der Waals surface area contributed by atoms with Gasteiger partial charge in [0.25, 0.3) is 5.70 Å². The Hall–Kier alpha value is -4.35. The number of carbonyl (C=O) groups is 2. The first kappa shape index (κ1) is 27.9. The molecular formula is C28H31N5O3. The van der Waals surface area contributed by atoms with E-state index in [-0.39, 0.29) is 23.6 Å². The van der Waals surface area contributed by atoms with Crippen LogP contribution in [0.3, 0.4) is 0 Å². The number of hydrogen-bond donors (Lipinski definition) is 0. The zero-order valence-corrected chi connectivity index (χ0v) is 21.1. The average Bonchev–Trinajstić information content (AvgIpc) is 3.14. The van der Waals surface area contributed by atoms with Gasteiger partial charge in [-0.2, -0.15) is 0 Å². The molecule has 36 heavy (non-hydrogen) atoms. The fourth-order valence-corrected chi connectivity index (χ4v) is 3.77. The van der Waals surface area contributed by atoms with Gasteiger partial charge in [-0.15, -0.1) is 0 Å². The van der Waals surface area contributed by atoms with E-state index in [4.69, 9.17) is 17.9 Å². The van der Waals surface area contributed by atoms with Gasteiger partial charge in [0.15, 0.2) is 0 Å². The Bertz CT molecular complexity index is 1150. The number of ether oxygens (including phenoxy) is 1. The van der Waals surface area contributed by atoms with Crippen LogP contribution in [0.2, 0.25) is 0 Å². The maximum absolute atomic E-state index is 13.1. The summed E-state index contributed by atoms with van der Waals surface area (Å²) >= 11 is 0. The van der Waals surface area contributed by atoms with Crippen molar-refractivity contribution in [3.63, 3.8) is 0 Å². The predicted octanol–water partition coefficient (Wildman–Crippen LogP) is 5.34. The van der Waals surface area contributed by atoms with E-state index >= 15 is 0 Å². The van der Waals surface area contributed by atoms with Crippen LogP contribution in [0, 0.1) is 24.5 Å². The standard InChI is InChI=1S/C28H31N5O3/c1-6-9-17-32(18-10-7-2)22-14-11-21(12-15-22)13-16-23-26(31-5)27(24(19-29)30-4)33(28(23)35)20-25(34)36-8-3/h11-16H,6-10,17-18,20H2,1-3H3/b16-13+,27-24+. The van der Waals surface area contributed by atoms with Gasteiger partial charge in [-0.05, 0) is 37.5 Å². The number of carbonyl (C=O) groups excluding carboxylic acids is 2. The van der Waals surface area contributed by atoms with Crippen molar-refractivity contribution in [1.29, 1.82) is 5.26 Å². The highest BCUT2D eigenvalue weighted by atomic mass is 16.5. The van der Waals surface area contributed by atoms with Gasteiger partial charge in [-0.25, -0.2) is 15.0 Å². The minimum Gasteiger partial charge on any atom is -0.465 e. The summed E-state index contributed by atoms with van der Waals surface area (Å²) < 4.78 is 4.93. The smallest absolute Gasteiger partial charge is 0.325 e. The van der Waals surface area contributed by atoms with Crippen LogP contribution in [0.15, 0.2) is 53.0 Å². The highest BCUT2D eigenvalue weighted by Crippen LogP contribution is 2.34. The van der Waals surface area contributed by atoms with Gasteiger partial charge < -0.3 is 14.5 Å². The van der Waals surface area contributed by atoms with E-state index in [9.17, 15) is 14.9 Å². The number of nitrogens with zero attached hydrogens (tertiary/aromatic N) is 5. The van der Waals surface area contributed by atoms with Gasteiger partial charge in [0.1, 0.15) is 6.54 Å². The zero-order chi connectivity index (χ0) is 26.5. The third kappa shape index (κ3) is 6.84. The van der Waals surface area contributed by atoms with E-state index in [2.05, 4.69) is 28.4 Å². The van der Waals surface area contributed by atoms with Crippen LogP contribution in [-0.2, 0) is 14.3 Å². The topological polar surface area (TPSA) is 82.4 Å². The summed E-state index contributed by atoms with van der Waals surface area (Å²) in [5, 5.41) is 9.39. The van der Waals surface area contributed by atoms with Gasteiger partial charge in [0.2, 0.25) is 11.6 Å². The number of allylic oxidation sites excluding steroid dienone is 1. The van der Waals surface area contributed by atoms with E-state index in [1.54, 1.807) is 19.1 Å². The van der Waals surface area contributed by atoms with Gasteiger partial charge >= 0.3 is 5.97 Å². The van der Waals surface area contributed by atoms with Crippen molar-refractivity contribution >= 4 is 23.6 Å². The van der Waals surface area contributed by atoms with Gasteiger partial charge in [0, 0.05) is 24.4 Å². The highest BCUT2D eigenvalue weighted by molar-refractivity contribution is 6.05. The molecule has 0 atom stereocenters. The van der Waals surface area contributed by atoms with Gasteiger partial charge in [0.05, 0.1) is 31.5 Å². The molecule has 1 aliphatic rings. The molecule has 1 aromatic carbocycles. The lowest BCUT2D eigenvalue weighted by atomic mass is 10.1. The molecule has 1 amide bonds. The third-order valence-corrected chi connectivity index (χ3v) is 5.64. The monoisotopic (exact) mass is 485 g/mol. The summed E-state index contributed by atoms with van der Waals surface area (Å²) in [6, 6.07) is 9.70. The molecule has 1 heterocycles. The Morgan fingerprint density at radius 1 is 1.11 bits per heavy atom. The van der Waals surface area contributed by atoms with Crippen LogP contribution < -0.4 is 4.90 Å². The fourth-order valence-electron chi connectivity index (χ4n) is 3.77. The molecule has 0 N–H and O–H groups in total. The van der Waals surface area contributed by atoms with Crippen LogP contribution in [-0.4, -0.2) is 43.0 Å².